The third kappa shape index (κ3) is 47.2. The molecule has 6 nitrogen and oxygen atoms in total. The lowest BCUT2D eigenvalue weighted by molar-refractivity contribution is -0.167. The molecule has 0 fully saturated rings. The number of unbranched alkanes of at least 4 members (excludes halogenated alkanes) is 36. The van der Waals surface area contributed by atoms with E-state index in [1.54, 1.807) is 0 Å². The minimum atomic E-state index is -0.766. The van der Waals surface area contributed by atoms with Crippen molar-refractivity contribution in [3.8, 4) is 0 Å². The molecule has 1 unspecified atom stereocenters. The van der Waals surface area contributed by atoms with E-state index >= 15 is 0 Å². The van der Waals surface area contributed by atoms with Crippen molar-refractivity contribution in [3.05, 3.63) is 12.2 Å². The summed E-state index contributed by atoms with van der Waals surface area (Å²) in [4.78, 5) is 37.9. The average molecular weight is 847 g/mol. The Bertz CT molecular complexity index is 931. The first kappa shape index (κ1) is 58.1. The van der Waals surface area contributed by atoms with E-state index < -0.39 is 6.10 Å². The van der Waals surface area contributed by atoms with E-state index in [0.717, 1.165) is 64.2 Å². The number of hydrogen-bond donors (Lipinski definition) is 0. The van der Waals surface area contributed by atoms with Gasteiger partial charge in [0.2, 0.25) is 0 Å². The fourth-order valence-electron chi connectivity index (χ4n) is 7.95. The third-order valence-electron chi connectivity index (χ3n) is 12.0. The number of carbonyl (C=O) groups is 3. The fourth-order valence-corrected chi connectivity index (χ4v) is 7.95. The van der Waals surface area contributed by atoms with Crippen molar-refractivity contribution in [2.45, 2.75) is 303 Å². The molecule has 0 aromatic rings. The molecule has 0 N–H and O–H groups in total. The first-order valence-electron chi connectivity index (χ1n) is 26.7. The van der Waals surface area contributed by atoms with Crippen molar-refractivity contribution in [2.24, 2.45) is 0 Å². The van der Waals surface area contributed by atoms with Gasteiger partial charge < -0.3 is 14.2 Å². The molecule has 0 rings (SSSR count). The van der Waals surface area contributed by atoms with Crippen LogP contribution in [0.5, 0.6) is 0 Å². The maximum absolute atomic E-state index is 12.8. The molecule has 0 aliphatic rings. The van der Waals surface area contributed by atoms with Gasteiger partial charge in [0.05, 0.1) is 0 Å². The van der Waals surface area contributed by atoms with Gasteiger partial charge in [-0.2, -0.15) is 0 Å². The topological polar surface area (TPSA) is 78.9 Å². The predicted octanol–water partition coefficient (Wildman–Crippen LogP) is 17.4. The van der Waals surface area contributed by atoms with Crippen LogP contribution >= 0.6 is 0 Å². The molecule has 1 atom stereocenters. The molecular formula is C54H102O6. The molecular weight excluding hydrogens is 745 g/mol. The van der Waals surface area contributed by atoms with Crippen molar-refractivity contribution in [1.82, 2.24) is 0 Å². The second-order valence-electron chi connectivity index (χ2n) is 18.2. The van der Waals surface area contributed by atoms with Crippen LogP contribution in [0.3, 0.4) is 0 Å². The van der Waals surface area contributed by atoms with Crippen LogP contribution in [0, 0.1) is 0 Å². The van der Waals surface area contributed by atoms with Crippen molar-refractivity contribution < 1.29 is 28.6 Å². The third-order valence-corrected chi connectivity index (χ3v) is 12.0. The summed E-state index contributed by atoms with van der Waals surface area (Å²) in [5.41, 5.74) is 0. The monoisotopic (exact) mass is 847 g/mol. The Labute approximate surface area is 373 Å². The summed E-state index contributed by atoms with van der Waals surface area (Å²) in [5.74, 6) is -0.860. The van der Waals surface area contributed by atoms with Crippen molar-refractivity contribution in [2.75, 3.05) is 13.2 Å². The summed E-state index contributed by atoms with van der Waals surface area (Å²) >= 11 is 0. The molecule has 0 aromatic carbocycles. The first-order valence-corrected chi connectivity index (χ1v) is 26.7. The molecule has 0 aliphatic heterocycles. The lowest BCUT2D eigenvalue weighted by atomic mass is 10.0. The van der Waals surface area contributed by atoms with E-state index in [1.807, 2.05) is 0 Å². The molecule has 0 radical (unpaired) electrons. The average Bonchev–Trinajstić information content (AvgIpc) is 3.24. The maximum Gasteiger partial charge on any atom is 0.306 e. The van der Waals surface area contributed by atoms with Gasteiger partial charge in [-0.1, -0.05) is 251 Å². The van der Waals surface area contributed by atoms with Crippen LogP contribution in [-0.2, 0) is 28.6 Å². The van der Waals surface area contributed by atoms with Gasteiger partial charge >= 0.3 is 17.9 Å². The Kier molecular flexibility index (Phi) is 48.3. The summed E-state index contributed by atoms with van der Waals surface area (Å²) in [5, 5.41) is 0. The largest absolute Gasteiger partial charge is 0.462 e. The Hall–Kier alpha value is -1.85. The molecule has 0 saturated carbocycles. The van der Waals surface area contributed by atoms with Gasteiger partial charge in [0.1, 0.15) is 13.2 Å². The minimum absolute atomic E-state index is 0.0671. The summed E-state index contributed by atoms with van der Waals surface area (Å²) in [6, 6.07) is 0. The fraction of sp³-hybridized carbons (Fsp3) is 0.907. The van der Waals surface area contributed by atoms with Crippen LogP contribution in [0.15, 0.2) is 12.2 Å². The number of ether oxygens (including phenoxy) is 3. The van der Waals surface area contributed by atoms with Gasteiger partial charge in [-0.25, -0.2) is 0 Å². The molecule has 0 spiro atoms. The highest BCUT2D eigenvalue weighted by Crippen LogP contribution is 2.17. The number of rotatable bonds is 49. The SMILES string of the molecule is CCCC/C=C\CCCCCCCC(=O)OCC(COC(=O)CCCCCCCCCCCCCCCCCCCCC)OC(=O)CCCCCCCCCCCCCC. The number of carbonyl (C=O) groups excluding carboxylic acids is 3. The van der Waals surface area contributed by atoms with Gasteiger partial charge in [0.25, 0.3) is 0 Å². The lowest BCUT2D eigenvalue weighted by Crippen LogP contribution is -2.30. The lowest BCUT2D eigenvalue weighted by Gasteiger charge is -2.18. The number of allylic oxidation sites excluding steroid dienone is 2. The van der Waals surface area contributed by atoms with Crippen LogP contribution in [0.4, 0.5) is 0 Å². The van der Waals surface area contributed by atoms with Crippen molar-refractivity contribution in [3.63, 3.8) is 0 Å². The Morgan fingerprint density at radius 3 is 0.883 bits per heavy atom. The molecule has 0 bridgehead atoms. The van der Waals surface area contributed by atoms with Crippen LogP contribution in [0.1, 0.15) is 297 Å². The Balaban J connectivity index is 4.24. The van der Waals surface area contributed by atoms with Gasteiger partial charge in [0, 0.05) is 19.3 Å². The van der Waals surface area contributed by atoms with Crippen molar-refractivity contribution in [1.29, 1.82) is 0 Å². The zero-order chi connectivity index (χ0) is 43.7. The molecule has 0 aromatic heterocycles. The zero-order valence-corrected chi connectivity index (χ0v) is 40.5. The minimum Gasteiger partial charge on any atom is -0.462 e. The molecule has 60 heavy (non-hydrogen) atoms. The van der Waals surface area contributed by atoms with Crippen LogP contribution in [0.2, 0.25) is 0 Å². The van der Waals surface area contributed by atoms with Gasteiger partial charge in [-0.05, 0) is 38.5 Å². The molecule has 0 aliphatic carbocycles. The van der Waals surface area contributed by atoms with Crippen LogP contribution in [-0.4, -0.2) is 37.2 Å². The van der Waals surface area contributed by atoms with Crippen LogP contribution in [0.25, 0.3) is 0 Å². The standard InChI is InChI=1S/C54H102O6/c1-4-7-10-13-16-19-22-24-25-26-27-28-29-30-33-35-38-41-44-47-53(56)59-50-51(49-58-52(55)46-43-40-37-34-31-21-18-15-12-9-6-3)60-54(57)48-45-42-39-36-32-23-20-17-14-11-8-5-2/h15,18,51H,4-14,16-17,19-50H2,1-3H3/b18-15-. The van der Waals surface area contributed by atoms with E-state index in [-0.39, 0.29) is 31.1 Å². The second-order valence-corrected chi connectivity index (χ2v) is 18.2. The van der Waals surface area contributed by atoms with E-state index in [1.165, 1.54) is 193 Å². The second kappa shape index (κ2) is 49.8. The highest BCUT2D eigenvalue weighted by atomic mass is 16.6. The first-order chi connectivity index (χ1) is 29.5. The van der Waals surface area contributed by atoms with Gasteiger partial charge in [-0.15, -0.1) is 0 Å². The summed E-state index contributed by atoms with van der Waals surface area (Å²) < 4.78 is 16.8. The van der Waals surface area contributed by atoms with Crippen LogP contribution < -0.4 is 0 Å². The smallest absolute Gasteiger partial charge is 0.306 e. The quantitative estimate of drug-likeness (QED) is 0.0263. The zero-order valence-electron chi connectivity index (χ0n) is 40.5. The highest BCUT2D eigenvalue weighted by Gasteiger charge is 2.19. The van der Waals surface area contributed by atoms with E-state index in [4.69, 9.17) is 14.2 Å². The Morgan fingerprint density at radius 1 is 0.317 bits per heavy atom. The summed E-state index contributed by atoms with van der Waals surface area (Å²) in [6.45, 7) is 6.63. The molecule has 0 heterocycles. The summed E-state index contributed by atoms with van der Waals surface area (Å²) in [6.07, 6.45) is 54.9. The normalized spacial score (nSPS) is 12.0. The summed E-state index contributed by atoms with van der Waals surface area (Å²) in [7, 11) is 0. The van der Waals surface area contributed by atoms with Gasteiger partial charge in [-0.3, -0.25) is 14.4 Å². The Morgan fingerprint density at radius 2 is 0.567 bits per heavy atom. The molecule has 0 saturated heterocycles. The van der Waals surface area contributed by atoms with Crippen molar-refractivity contribution >= 4 is 17.9 Å². The number of esters is 3. The highest BCUT2D eigenvalue weighted by molar-refractivity contribution is 5.71. The van der Waals surface area contributed by atoms with Gasteiger partial charge in [0.15, 0.2) is 6.10 Å². The molecule has 6 heteroatoms. The van der Waals surface area contributed by atoms with E-state index in [0.29, 0.717) is 19.3 Å². The molecule has 0 amide bonds. The molecule has 354 valence electrons. The predicted molar refractivity (Wildman–Crippen MR) is 256 cm³/mol. The number of hydrogen-bond acceptors (Lipinski definition) is 6. The van der Waals surface area contributed by atoms with E-state index in [2.05, 4.69) is 32.9 Å². The van der Waals surface area contributed by atoms with E-state index in [9.17, 15) is 14.4 Å². The maximum atomic E-state index is 12.8.